The molecule has 4 aliphatic rings. The van der Waals surface area contributed by atoms with Crippen LogP contribution in [0.5, 0.6) is 0 Å². The van der Waals surface area contributed by atoms with E-state index in [0.29, 0.717) is 5.69 Å². The lowest BCUT2D eigenvalue weighted by Crippen LogP contribution is -2.38. The van der Waals surface area contributed by atoms with Crippen LogP contribution in [0.3, 0.4) is 0 Å². The summed E-state index contributed by atoms with van der Waals surface area (Å²) < 4.78 is 0.808. The van der Waals surface area contributed by atoms with Crippen LogP contribution in [-0.4, -0.2) is 11.8 Å². The summed E-state index contributed by atoms with van der Waals surface area (Å²) in [6.07, 6.45) is 6.36. The Morgan fingerprint density at radius 1 is 1.05 bits per heavy atom. The quantitative estimate of drug-likeness (QED) is 0.577. The van der Waals surface area contributed by atoms with Crippen molar-refractivity contribution < 1.29 is 9.59 Å². The monoisotopic (exact) mass is 345 g/mol. The zero-order chi connectivity index (χ0) is 14.7. The lowest BCUT2D eigenvalue weighted by atomic mass is 9.63. The second-order valence-electron chi connectivity index (χ2n) is 6.31. The fourth-order valence-electron chi connectivity index (χ4n) is 4.10. The van der Waals surface area contributed by atoms with Gasteiger partial charge in [0, 0.05) is 4.47 Å². The van der Waals surface area contributed by atoms with Gasteiger partial charge in [-0.15, -0.1) is 0 Å². The predicted octanol–water partition coefficient (Wildman–Crippen LogP) is 3.46. The van der Waals surface area contributed by atoms with E-state index in [0.717, 1.165) is 22.9 Å². The molecule has 3 aliphatic carbocycles. The average molecular weight is 346 g/mol. The Hall–Kier alpha value is -1.42. The van der Waals surface area contributed by atoms with Crippen molar-refractivity contribution in [1.29, 1.82) is 0 Å². The second kappa shape index (κ2) is 4.54. The predicted molar refractivity (Wildman–Crippen MR) is 83.7 cm³/mol. The van der Waals surface area contributed by atoms with E-state index in [2.05, 4.69) is 28.1 Å². The summed E-state index contributed by atoms with van der Waals surface area (Å²) in [6.45, 7) is 1.99. The first-order valence-electron chi connectivity index (χ1n) is 7.40. The minimum Gasteiger partial charge on any atom is -0.274 e. The van der Waals surface area contributed by atoms with Crippen molar-refractivity contribution in [2.24, 2.45) is 23.7 Å². The van der Waals surface area contributed by atoms with E-state index in [4.69, 9.17) is 0 Å². The molecule has 2 fully saturated rings. The molecule has 5 rings (SSSR count). The molecule has 0 spiro atoms. The third-order valence-corrected chi connectivity index (χ3v) is 5.74. The number of benzene rings is 1. The number of fused-ring (bicyclic) bond motifs is 1. The minimum atomic E-state index is -0.144. The van der Waals surface area contributed by atoms with Gasteiger partial charge in [0.2, 0.25) is 11.8 Å². The lowest BCUT2D eigenvalue weighted by Gasteiger charge is -2.38. The fourth-order valence-corrected chi connectivity index (χ4v) is 4.78. The largest absolute Gasteiger partial charge is 0.274 e. The van der Waals surface area contributed by atoms with E-state index in [-0.39, 0.29) is 35.5 Å². The Kier molecular flexibility index (Phi) is 2.86. The number of nitrogens with zero attached hydrogens (tertiary/aromatic N) is 1. The molecule has 1 heterocycles. The zero-order valence-corrected chi connectivity index (χ0v) is 13.3. The molecule has 0 N–H and O–H groups in total. The van der Waals surface area contributed by atoms with Gasteiger partial charge in [-0.2, -0.15) is 0 Å². The van der Waals surface area contributed by atoms with E-state index >= 15 is 0 Å². The molecule has 1 saturated carbocycles. The van der Waals surface area contributed by atoms with Crippen LogP contribution in [0.15, 0.2) is 34.8 Å². The smallest absolute Gasteiger partial charge is 0.238 e. The molecule has 0 unspecified atom stereocenters. The first-order valence-corrected chi connectivity index (χ1v) is 8.19. The number of carbonyl (C=O) groups excluding carboxylic acids is 2. The van der Waals surface area contributed by atoms with Gasteiger partial charge >= 0.3 is 0 Å². The molecule has 2 bridgehead atoms. The van der Waals surface area contributed by atoms with E-state index in [1.165, 1.54) is 4.90 Å². The maximum Gasteiger partial charge on any atom is 0.238 e. The number of imide groups is 1. The van der Waals surface area contributed by atoms with Crippen molar-refractivity contribution in [2.45, 2.75) is 19.8 Å². The van der Waals surface area contributed by atoms with Gasteiger partial charge in [-0.05, 0) is 65.2 Å². The number of carbonyl (C=O) groups is 2. The Morgan fingerprint density at radius 2 is 1.62 bits per heavy atom. The molecule has 0 aromatic heterocycles. The Labute approximate surface area is 132 Å². The third kappa shape index (κ3) is 1.78. The Morgan fingerprint density at radius 3 is 2.10 bits per heavy atom. The number of allylic oxidation sites excluding steroid dienone is 2. The van der Waals surface area contributed by atoms with Crippen molar-refractivity contribution in [2.75, 3.05) is 4.90 Å². The van der Waals surface area contributed by atoms with Crippen LogP contribution in [0, 0.1) is 30.6 Å². The van der Waals surface area contributed by atoms with E-state index in [1.807, 2.05) is 25.1 Å². The van der Waals surface area contributed by atoms with Crippen LogP contribution in [-0.2, 0) is 9.59 Å². The van der Waals surface area contributed by atoms with Gasteiger partial charge in [0.25, 0.3) is 0 Å². The number of rotatable bonds is 1. The summed E-state index contributed by atoms with van der Waals surface area (Å²) in [6, 6.07) is 5.75. The maximum absolute atomic E-state index is 12.8. The summed E-state index contributed by atoms with van der Waals surface area (Å²) >= 11 is 3.50. The highest BCUT2D eigenvalue weighted by atomic mass is 79.9. The molecule has 0 radical (unpaired) electrons. The molecule has 1 saturated heterocycles. The van der Waals surface area contributed by atoms with Crippen LogP contribution in [0.25, 0.3) is 0 Å². The number of hydrogen-bond acceptors (Lipinski definition) is 2. The lowest BCUT2D eigenvalue weighted by molar-refractivity contribution is -0.124. The van der Waals surface area contributed by atoms with E-state index in [1.54, 1.807) is 0 Å². The number of aryl methyl sites for hydroxylation is 1. The molecule has 1 aromatic carbocycles. The summed E-state index contributed by atoms with van der Waals surface area (Å²) in [7, 11) is 0. The third-order valence-electron chi connectivity index (χ3n) is 5.10. The SMILES string of the molecule is Cc1ccc(N2C(=O)[C@H]3[C@H](C2=O)[C@H]2C=C[C@H]3CC2)c(Br)c1. The van der Waals surface area contributed by atoms with Gasteiger partial charge in [0.1, 0.15) is 0 Å². The van der Waals surface area contributed by atoms with Crippen molar-refractivity contribution in [3.8, 4) is 0 Å². The maximum atomic E-state index is 12.8. The van der Waals surface area contributed by atoms with Crippen LogP contribution in [0.4, 0.5) is 5.69 Å². The van der Waals surface area contributed by atoms with Crippen LogP contribution in [0.1, 0.15) is 18.4 Å². The standard InChI is InChI=1S/C17H16BrNO2/c1-9-2-7-13(12(18)8-9)19-16(20)14-10-3-4-11(6-5-10)15(14)17(19)21/h2-4,7-8,10-11,14-15H,5-6H2,1H3/t10-,11-,14+,15+/m0/s1. The first-order chi connectivity index (χ1) is 10.1. The normalized spacial score (nSPS) is 33.7. The number of halogens is 1. The molecular weight excluding hydrogens is 330 g/mol. The second-order valence-corrected chi connectivity index (χ2v) is 7.16. The minimum absolute atomic E-state index is 0.0198. The molecule has 108 valence electrons. The average Bonchev–Trinajstić information content (AvgIpc) is 2.75. The Bertz CT molecular complexity index is 649. The molecule has 1 aliphatic heterocycles. The van der Waals surface area contributed by atoms with Crippen molar-refractivity contribution >= 4 is 33.4 Å². The molecule has 21 heavy (non-hydrogen) atoms. The summed E-state index contributed by atoms with van der Waals surface area (Å²) in [5, 5.41) is 0. The summed E-state index contributed by atoms with van der Waals surface area (Å²) in [5.74, 6) is 0.155. The van der Waals surface area contributed by atoms with Gasteiger partial charge in [0.15, 0.2) is 0 Å². The highest BCUT2D eigenvalue weighted by molar-refractivity contribution is 9.10. The molecule has 4 atom stereocenters. The van der Waals surface area contributed by atoms with Gasteiger partial charge in [0.05, 0.1) is 17.5 Å². The Balaban J connectivity index is 1.78. The van der Waals surface area contributed by atoms with E-state index in [9.17, 15) is 9.59 Å². The highest BCUT2D eigenvalue weighted by Gasteiger charge is 2.57. The molecular formula is C17H16BrNO2. The summed E-state index contributed by atoms with van der Waals surface area (Å²) in [5.41, 5.74) is 1.79. The number of anilines is 1. The van der Waals surface area contributed by atoms with Crippen molar-refractivity contribution in [3.63, 3.8) is 0 Å². The van der Waals surface area contributed by atoms with Gasteiger partial charge in [-0.1, -0.05) is 18.2 Å². The zero-order valence-electron chi connectivity index (χ0n) is 11.8. The van der Waals surface area contributed by atoms with Gasteiger partial charge < -0.3 is 0 Å². The van der Waals surface area contributed by atoms with Crippen molar-refractivity contribution in [3.05, 3.63) is 40.4 Å². The fraction of sp³-hybridized carbons (Fsp3) is 0.412. The van der Waals surface area contributed by atoms with E-state index < -0.39 is 0 Å². The number of amides is 2. The van der Waals surface area contributed by atoms with Gasteiger partial charge in [-0.3, -0.25) is 9.59 Å². The first kappa shape index (κ1) is 13.3. The molecule has 4 heteroatoms. The van der Waals surface area contributed by atoms with Gasteiger partial charge in [-0.25, -0.2) is 4.90 Å². The molecule has 3 nitrogen and oxygen atoms in total. The van der Waals surface area contributed by atoms with Crippen molar-refractivity contribution in [1.82, 2.24) is 0 Å². The van der Waals surface area contributed by atoms with Crippen LogP contribution < -0.4 is 4.90 Å². The van der Waals surface area contributed by atoms with Crippen LogP contribution >= 0.6 is 15.9 Å². The van der Waals surface area contributed by atoms with Crippen LogP contribution in [0.2, 0.25) is 0 Å². The topological polar surface area (TPSA) is 37.4 Å². The molecule has 2 amide bonds. The molecule has 1 aromatic rings. The summed E-state index contributed by atoms with van der Waals surface area (Å²) in [4.78, 5) is 27.1. The number of hydrogen-bond donors (Lipinski definition) is 0. The highest BCUT2D eigenvalue weighted by Crippen LogP contribution is 2.51.